The number of amides is 2. The van der Waals surface area contributed by atoms with E-state index >= 15 is 0 Å². The molecule has 36 heavy (non-hydrogen) atoms. The Morgan fingerprint density at radius 1 is 1.06 bits per heavy atom. The van der Waals surface area contributed by atoms with Crippen molar-refractivity contribution in [3.63, 3.8) is 0 Å². The average molecular weight is 560 g/mol. The Morgan fingerprint density at radius 3 is 2.22 bits per heavy atom. The maximum absolute atomic E-state index is 13.0. The molecule has 2 amide bonds. The summed E-state index contributed by atoms with van der Waals surface area (Å²) in [5.41, 5.74) is 0.181. The zero-order chi connectivity index (χ0) is 26.8. The number of thioether (sulfide) groups is 1. The van der Waals surface area contributed by atoms with Gasteiger partial charge >= 0.3 is 5.97 Å². The minimum absolute atomic E-state index is 0.0728. The van der Waals surface area contributed by atoms with E-state index < -0.39 is 29.9 Å². The molecule has 0 fully saturated rings. The van der Waals surface area contributed by atoms with Crippen molar-refractivity contribution >= 4 is 58.6 Å². The lowest BCUT2D eigenvalue weighted by molar-refractivity contribution is -0.155. The number of benzene rings is 1. The van der Waals surface area contributed by atoms with Crippen LogP contribution in [0.15, 0.2) is 24.4 Å². The Bertz CT molecular complexity index is 1080. The maximum atomic E-state index is 13.0. The second-order valence-electron chi connectivity index (χ2n) is 7.27. The number of rotatable bonds is 12. The Balaban J connectivity index is 2.14. The van der Waals surface area contributed by atoms with E-state index in [-0.39, 0.29) is 34.3 Å². The summed E-state index contributed by atoms with van der Waals surface area (Å²) in [6.07, 6.45) is 2.26. The molecule has 2 aromatic rings. The van der Waals surface area contributed by atoms with Gasteiger partial charge in [-0.1, -0.05) is 23.2 Å². The van der Waals surface area contributed by atoms with E-state index in [2.05, 4.69) is 15.6 Å². The Morgan fingerprint density at radius 2 is 1.69 bits per heavy atom. The number of pyridine rings is 1. The molecule has 0 bridgehead atoms. The summed E-state index contributed by atoms with van der Waals surface area (Å²) in [7, 11) is 4.30. The molecule has 2 N–H and O–H groups in total. The minimum Gasteiger partial charge on any atom is -0.493 e. The summed E-state index contributed by atoms with van der Waals surface area (Å²) in [6, 6.07) is 3.33. The number of halogens is 2. The molecule has 1 aromatic heterocycles. The predicted molar refractivity (Wildman–Crippen MR) is 139 cm³/mol. The largest absolute Gasteiger partial charge is 0.493 e. The van der Waals surface area contributed by atoms with Crippen LogP contribution < -0.4 is 24.8 Å². The molecule has 1 heterocycles. The lowest BCUT2D eigenvalue weighted by Gasteiger charge is -2.21. The fourth-order valence-electron chi connectivity index (χ4n) is 2.97. The zero-order valence-electron chi connectivity index (χ0n) is 20.3. The summed E-state index contributed by atoms with van der Waals surface area (Å²) in [5.74, 6) is -0.474. The number of hydrogen-bond acceptors (Lipinski definition) is 9. The van der Waals surface area contributed by atoms with Gasteiger partial charge in [0.15, 0.2) is 23.4 Å². The highest BCUT2D eigenvalue weighted by atomic mass is 35.5. The van der Waals surface area contributed by atoms with Crippen LogP contribution in [-0.4, -0.2) is 68.3 Å². The van der Waals surface area contributed by atoms with Crippen LogP contribution in [0.4, 0.5) is 5.82 Å². The number of carbonyl (C=O) groups is 3. The molecule has 196 valence electrons. The van der Waals surface area contributed by atoms with E-state index in [0.717, 1.165) is 0 Å². The monoisotopic (exact) mass is 559 g/mol. The molecular formula is C23H27Cl2N3O7S. The summed E-state index contributed by atoms with van der Waals surface area (Å²) in [5, 5.41) is 5.57. The van der Waals surface area contributed by atoms with Crippen molar-refractivity contribution in [2.45, 2.75) is 25.5 Å². The minimum atomic E-state index is -1.19. The third-order valence-corrected chi connectivity index (χ3v) is 5.98. The van der Waals surface area contributed by atoms with Gasteiger partial charge in [0.05, 0.1) is 31.4 Å². The number of anilines is 1. The van der Waals surface area contributed by atoms with Crippen molar-refractivity contribution in [2.75, 3.05) is 38.7 Å². The predicted octanol–water partition coefficient (Wildman–Crippen LogP) is 3.84. The highest BCUT2D eigenvalue weighted by Gasteiger charge is 2.28. The summed E-state index contributed by atoms with van der Waals surface area (Å²) in [6.45, 7) is 1.39. The maximum Gasteiger partial charge on any atom is 0.329 e. The number of nitrogens with one attached hydrogen (secondary N) is 2. The van der Waals surface area contributed by atoms with E-state index in [9.17, 15) is 14.4 Å². The van der Waals surface area contributed by atoms with Crippen LogP contribution in [0, 0.1) is 0 Å². The van der Waals surface area contributed by atoms with Crippen molar-refractivity contribution in [3.05, 3.63) is 40.0 Å². The van der Waals surface area contributed by atoms with Gasteiger partial charge in [-0.2, -0.15) is 11.8 Å². The van der Waals surface area contributed by atoms with Gasteiger partial charge in [-0.25, -0.2) is 9.78 Å². The van der Waals surface area contributed by atoms with Gasteiger partial charge in [0.2, 0.25) is 5.75 Å². The molecule has 0 aliphatic carbocycles. The highest BCUT2D eigenvalue weighted by molar-refractivity contribution is 7.98. The quantitative estimate of drug-likeness (QED) is 0.373. The first-order valence-electron chi connectivity index (χ1n) is 10.6. The zero-order valence-corrected chi connectivity index (χ0v) is 22.7. The Labute approximate surface area is 223 Å². The van der Waals surface area contributed by atoms with Crippen LogP contribution in [0.3, 0.4) is 0 Å². The number of carbonyl (C=O) groups excluding carboxylic acids is 3. The molecule has 2 rings (SSSR count). The molecule has 10 nitrogen and oxygen atoms in total. The molecule has 0 unspecified atom stereocenters. The smallest absolute Gasteiger partial charge is 0.329 e. The van der Waals surface area contributed by atoms with Crippen LogP contribution in [0.1, 0.15) is 23.7 Å². The van der Waals surface area contributed by atoms with Gasteiger partial charge < -0.3 is 29.6 Å². The van der Waals surface area contributed by atoms with Crippen molar-refractivity contribution in [1.29, 1.82) is 0 Å². The van der Waals surface area contributed by atoms with Gasteiger partial charge in [-0.3, -0.25) is 9.59 Å². The van der Waals surface area contributed by atoms with Gasteiger partial charge in [0, 0.05) is 11.8 Å². The Kier molecular flexibility index (Phi) is 11.4. The van der Waals surface area contributed by atoms with Gasteiger partial charge in [-0.05, 0) is 43.6 Å². The van der Waals surface area contributed by atoms with E-state index in [1.165, 1.54) is 64.4 Å². The molecule has 0 radical (unpaired) electrons. The number of methoxy groups -OCH3 is 3. The fourth-order valence-corrected chi connectivity index (χ4v) is 3.87. The first kappa shape index (κ1) is 29.3. The average Bonchev–Trinajstić information content (AvgIpc) is 2.86. The van der Waals surface area contributed by atoms with Gasteiger partial charge in [-0.15, -0.1) is 0 Å². The van der Waals surface area contributed by atoms with Crippen LogP contribution in [0.2, 0.25) is 10.0 Å². The molecule has 0 aliphatic rings. The second kappa shape index (κ2) is 14.0. The number of esters is 1. The molecule has 0 spiro atoms. The van der Waals surface area contributed by atoms with E-state index in [0.29, 0.717) is 16.5 Å². The van der Waals surface area contributed by atoms with E-state index in [1.807, 2.05) is 6.26 Å². The van der Waals surface area contributed by atoms with Crippen LogP contribution in [0.25, 0.3) is 0 Å². The van der Waals surface area contributed by atoms with Crippen LogP contribution in [-0.2, 0) is 14.3 Å². The summed E-state index contributed by atoms with van der Waals surface area (Å²) in [4.78, 5) is 42.3. The second-order valence-corrected chi connectivity index (χ2v) is 9.10. The number of aromatic nitrogens is 1. The highest BCUT2D eigenvalue weighted by Crippen LogP contribution is 2.38. The standard InChI is InChI=1S/C23H27Cl2N3O7S/c1-12(21(29)28-20-15(25)10-14(24)11-26-20)35-23(31)16(6-7-36-5)27-22(30)13-8-17(32-2)19(34-4)18(9-13)33-3/h8-12,16H,6-7H2,1-5H3,(H,27,30)(H,26,28,29)/t12-,16+/m0/s1. The lowest BCUT2D eigenvalue weighted by Crippen LogP contribution is -2.44. The van der Waals surface area contributed by atoms with Gasteiger partial charge in [0.1, 0.15) is 6.04 Å². The number of nitrogens with zero attached hydrogens (tertiary/aromatic N) is 1. The van der Waals surface area contributed by atoms with Crippen LogP contribution in [0.5, 0.6) is 17.2 Å². The first-order chi connectivity index (χ1) is 17.1. The third-order valence-electron chi connectivity index (χ3n) is 4.84. The molecule has 2 atom stereocenters. The molecular weight excluding hydrogens is 533 g/mol. The fraction of sp³-hybridized carbons (Fsp3) is 0.391. The Hall–Kier alpha value is -2.89. The molecule has 0 saturated carbocycles. The van der Waals surface area contributed by atoms with Crippen molar-refractivity contribution in [1.82, 2.24) is 10.3 Å². The summed E-state index contributed by atoms with van der Waals surface area (Å²) < 4.78 is 21.2. The van der Waals surface area contributed by atoms with Crippen LogP contribution >= 0.6 is 35.0 Å². The normalized spacial score (nSPS) is 12.2. The molecule has 13 heteroatoms. The van der Waals surface area contributed by atoms with E-state index in [1.54, 1.807) is 0 Å². The first-order valence-corrected chi connectivity index (χ1v) is 12.7. The summed E-state index contributed by atoms with van der Waals surface area (Å²) >= 11 is 13.3. The van der Waals surface area contributed by atoms with Crippen molar-refractivity contribution < 1.29 is 33.3 Å². The molecule has 0 saturated heterocycles. The molecule has 1 aromatic carbocycles. The molecule has 0 aliphatic heterocycles. The number of ether oxygens (including phenoxy) is 4. The number of hydrogen-bond donors (Lipinski definition) is 2. The van der Waals surface area contributed by atoms with E-state index in [4.69, 9.17) is 42.1 Å². The van der Waals surface area contributed by atoms with Crippen molar-refractivity contribution in [3.8, 4) is 17.2 Å². The van der Waals surface area contributed by atoms with Crippen molar-refractivity contribution in [2.24, 2.45) is 0 Å². The topological polar surface area (TPSA) is 125 Å². The SMILES string of the molecule is COc1cc(C(=O)N[C@H](CCSC)C(=O)O[C@@H](C)C(=O)Nc2ncc(Cl)cc2Cl)cc(OC)c1OC. The van der Waals surface area contributed by atoms with Gasteiger partial charge in [0.25, 0.3) is 11.8 Å². The lowest BCUT2D eigenvalue weighted by atomic mass is 10.1. The third kappa shape index (κ3) is 7.81.